The molecule has 0 bridgehead atoms. The molecule has 0 saturated carbocycles. The average Bonchev–Trinajstić information content (AvgIpc) is 3.32. The van der Waals surface area contributed by atoms with Gasteiger partial charge >= 0.3 is 0 Å². The maximum Gasteiger partial charge on any atom is 0.160 e. The van der Waals surface area contributed by atoms with Gasteiger partial charge in [-0.2, -0.15) is 0 Å². The van der Waals surface area contributed by atoms with Crippen molar-refractivity contribution in [3.8, 4) is 56.3 Å². The van der Waals surface area contributed by atoms with E-state index in [0.29, 0.717) is 5.82 Å². The van der Waals surface area contributed by atoms with Crippen molar-refractivity contribution in [3.63, 3.8) is 0 Å². The van der Waals surface area contributed by atoms with Crippen LogP contribution in [0, 0.1) is 0 Å². The highest BCUT2D eigenvalue weighted by Crippen LogP contribution is 2.40. The van der Waals surface area contributed by atoms with Crippen molar-refractivity contribution in [2.45, 2.75) is 6.42 Å². The fraction of sp³-hybridized carbons (Fsp3) is 0.0200. The molecule has 9 rings (SSSR count). The summed E-state index contributed by atoms with van der Waals surface area (Å²) in [6.07, 6.45) is 11.1. The Labute approximate surface area is 315 Å². The van der Waals surface area contributed by atoms with E-state index in [4.69, 9.17) is 9.97 Å². The maximum atomic E-state index is 5.20. The van der Waals surface area contributed by atoms with Gasteiger partial charge in [0, 0.05) is 45.5 Å². The van der Waals surface area contributed by atoms with Gasteiger partial charge in [-0.15, -0.1) is 0 Å². The van der Waals surface area contributed by atoms with E-state index in [1.165, 1.54) is 5.56 Å². The van der Waals surface area contributed by atoms with Crippen LogP contribution in [0.4, 0.5) is 11.4 Å². The van der Waals surface area contributed by atoms with E-state index in [-0.39, 0.29) is 0 Å². The molecule has 0 radical (unpaired) electrons. The zero-order valence-corrected chi connectivity index (χ0v) is 29.7. The summed E-state index contributed by atoms with van der Waals surface area (Å²) >= 11 is 0. The Bertz CT molecular complexity index is 2690. The second-order valence-corrected chi connectivity index (χ2v) is 13.3. The Morgan fingerprint density at radius 2 is 1.19 bits per heavy atom. The van der Waals surface area contributed by atoms with Gasteiger partial charge in [0.25, 0.3) is 0 Å². The van der Waals surface area contributed by atoms with E-state index < -0.39 is 0 Å². The topological polar surface area (TPSA) is 41.9 Å². The van der Waals surface area contributed by atoms with Gasteiger partial charge in [0.1, 0.15) is 0 Å². The zero-order valence-electron chi connectivity index (χ0n) is 29.7. The molecule has 0 unspecified atom stereocenters. The van der Waals surface area contributed by atoms with Gasteiger partial charge in [-0.25, -0.2) is 9.97 Å². The summed E-state index contributed by atoms with van der Waals surface area (Å²) in [5.41, 5.74) is 13.4. The van der Waals surface area contributed by atoms with Crippen molar-refractivity contribution in [3.05, 3.63) is 212 Å². The van der Waals surface area contributed by atoms with Crippen LogP contribution in [0.15, 0.2) is 207 Å². The first-order valence-corrected chi connectivity index (χ1v) is 18.2. The van der Waals surface area contributed by atoms with Crippen molar-refractivity contribution in [1.82, 2.24) is 15.0 Å². The number of aromatic nitrogens is 3. The summed E-state index contributed by atoms with van der Waals surface area (Å²) in [6, 6.07) is 57.1. The Hall–Kier alpha value is -7.17. The second-order valence-electron chi connectivity index (χ2n) is 13.3. The smallest absolute Gasteiger partial charge is 0.160 e. The van der Waals surface area contributed by atoms with E-state index in [1.807, 2.05) is 42.6 Å². The molecule has 256 valence electrons. The summed E-state index contributed by atoms with van der Waals surface area (Å²) < 4.78 is 0. The van der Waals surface area contributed by atoms with Crippen molar-refractivity contribution in [2.75, 3.05) is 4.90 Å². The van der Waals surface area contributed by atoms with Crippen molar-refractivity contribution < 1.29 is 0 Å². The molecule has 1 aliphatic rings. The molecule has 3 heterocycles. The number of para-hydroxylation sites is 1. The van der Waals surface area contributed by atoms with E-state index in [9.17, 15) is 0 Å². The van der Waals surface area contributed by atoms with Crippen LogP contribution >= 0.6 is 0 Å². The number of nitrogens with zero attached hydrogens (tertiary/aromatic N) is 4. The number of rotatable bonds is 6. The summed E-state index contributed by atoms with van der Waals surface area (Å²) in [4.78, 5) is 17.1. The minimum absolute atomic E-state index is 0.687. The molecule has 54 heavy (non-hydrogen) atoms. The van der Waals surface area contributed by atoms with Crippen molar-refractivity contribution in [2.24, 2.45) is 0 Å². The van der Waals surface area contributed by atoms with Crippen LogP contribution in [0.1, 0.15) is 5.56 Å². The molecule has 0 spiro atoms. The third-order valence-corrected chi connectivity index (χ3v) is 9.91. The monoisotopic (exact) mass is 692 g/mol. The van der Waals surface area contributed by atoms with Crippen LogP contribution in [0.3, 0.4) is 0 Å². The minimum atomic E-state index is 0.687. The molecular formula is C50H36N4. The molecule has 8 aromatic rings. The Kier molecular flexibility index (Phi) is 8.76. The van der Waals surface area contributed by atoms with E-state index in [2.05, 4.69) is 168 Å². The molecule has 1 aliphatic heterocycles. The highest BCUT2D eigenvalue weighted by molar-refractivity contribution is 6.05. The van der Waals surface area contributed by atoms with Crippen LogP contribution < -0.4 is 4.90 Å². The van der Waals surface area contributed by atoms with Gasteiger partial charge in [-0.3, -0.25) is 4.98 Å². The number of anilines is 2. The summed E-state index contributed by atoms with van der Waals surface area (Å²) in [6.45, 7) is 4.48. The lowest BCUT2D eigenvalue weighted by molar-refractivity contribution is 1.17. The molecule has 0 atom stereocenters. The predicted molar refractivity (Wildman–Crippen MR) is 224 cm³/mol. The lowest BCUT2D eigenvalue weighted by atomic mass is 9.93. The zero-order chi connectivity index (χ0) is 36.3. The number of hydrogen-bond donors (Lipinski definition) is 0. The summed E-state index contributed by atoms with van der Waals surface area (Å²) in [5, 5.41) is 2.28. The molecule has 4 nitrogen and oxygen atoms in total. The quantitative estimate of drug-likeness (QED) is 0.174. The SMILES string of the molecule is C=C1/C=C\C=C/Cc2ccccc2N1c1cccc(-c2ccc(-c3cc(-c4ccc(-c5ccccn5)cc4)nc(-c4ccccc4)n3)c3ccccc23)c1. The molecule has 0 fully saturated rings. The Balaban J connectivity index is 1.15. The van der Waals surface area contributed by atoms with E-state index in [0.717, 1.165) is 84.7 Å². The number of allylic oxidation sites excluding steroid dienone is 4. The van der Waals surface area contributed by atoms with Gasteiger partial charge in [-0.1, -0.05) is 152 Å². The van der Waals surface area contributed by atoms with E-state index >= 15 is 0 Å². The Morgan fingerprint density at radius 3 is 2.00 bits per heavy atom. The second kappa shape index (κ2) is 14.5. The first-order valence-electron chi connectivity index (χ1n) is 18.2. The molecule has 0 saturated heterocycles. The maximum absolute atomic E-state index is 5.20. The predicted octanol–water partition coefficient (Wildman–Crippen LogP) is 12.7. The fourth-order valence-corrected chi connectivity index (χ4v) is 7.26. The van der Waals surface area contributed by atoms with Crippen LogP contribution in [0.2, 0.25) is 0 Å². The van der Waals surface area contributed by atoms with Gasteiger partial charge in [0.15, 0.2) is 5.82 Å². The number of benzene rings is 6. The molecular weight excluding hydrogens is 657 g/mol. The highest BCUT2D eigenvalue weighted by Gasteiger charge is 2.18. The van der Waals surface area contributed by atoms with Gasteiger partial charge in [0.2, 0.25) is 0 Å². The van der Waals surface area contributed by atoms with Crippen molar-refractivity contribution in [1.29, 1.82) is 0 Å². The summed E-state index contributed by atoms with van der Waals surface area (Å²) in [5.74, 6) is 0.687. The number of hydrogen-bond acceptors (Lipinski definition) is 4. The molecule has 4 heteroatoms. The first-order chi connectivity index (χ1) is 26.7. The van der Waals surface area contributed by atoms with Crippen molar-refractivity contribution >= 4 is 22.1 Å². The molecule has 0 N–H and O–H groups in total. The molecule has 2 aromatic heterocycles. The average molecular weight is 693 g/mol. The molecule has 0 amide bonds. The standard InChI is InChI=1S/C50H36N4/c1-35-15-4-2-5-16-38-17-8-11-25-49(38)54(35)41-21-14-20-40(33-41)42-30-31-45(44-23-10-9-22-43(42)44)48-34-47(52-50(53-48)39-18-6-3-7-19-39)37-28-26-36(27-29-37)46-24-12-13-32-51-46/h2-15,17-34H,1,16H2/b5-2-,15-4-. The molecule has 6 aromatic carbocycles. The normalized spacial score (nSPS) is 13.8. The lowest BCUT2D eigenvalue weighted by Crippen LogP contribution is -2.16. The fourth-order valence-electron chi connectivity index (χ4n) is 7.26. The van der Waals surface area contributed by atoms with E-state index in [1.54, 1.807) is 0 Å². The molecule has 0 aliphatic carbocycles. The van der Waals surface area contributed by atoms with Gasteiger partial charge in [-0.05, 0) is 76.4 Å². The Morgan fingerprint density at radius 1 is 0.500 bits per heavy atom. The van der Waals surface area contributed by atoms with Gasteiger partial charge in [0.05, 0.1) is 17.1 Å². The van der Waals surface area contributed by atoms with Gasteiger partial charge < -0.3 is 4.90 Å². The number of fused-ring (bicyclic) bond motifs is 2. The van der Waals surface area contributed by atoms with Crippen LogP contribution in [-0.4, -0.2) is 15.0 Å². The largest absolute Gasteiger partial charge is 0.311 e. The third-order valence-electron chi connectivity index (χ3n) is 9.91. The lowest BCUT2D eigenvalue weighted by Gasteiger charge is -2.28. The highest BCUT2D eigenvalue weighted by atomic mass is 15.1. The van der Waals surface area contributed by atoms with Crippen LogP contribution in [0.5, 0.6) is 0 Å². The van der Waals surface area contributed by atoms with Crippen LogP contribution in [-0.2, 0) is 6.42 Å². The number of pyridine rings is 1. The third kappa shape index (κ3) is 6.42. The first kappa shape index (κ1) is 32.7. The van der Waals surface area contributed by atoms with Crippen LogP contribution in [0.25, 0.3) is 67.1 Å². The summed E-state index contributed by atoms with van der Waals surface area (Å²) in [7, 11) is 0. The minimum Gasteiger partial charge on any atom is -0.311 e.